The summed E-state index contributed by atoms with van der Waals surface area (Å²) in [4.78, 5) is 21.5. The normalized spacial score (nSPS) is 13.8. The van der Waals surface area contributed by atoms with Crippen LogP contribution >= 0.6 is 24.2 Å². The zero-order chi connectivity index (χ0) is 18.8. The van der Waals surface area contributed by atoms with Crippen molar-refractivity contribution in [3.63, 3.8) is 0 Å². The number of nitrogens with one attached hydrogen (secondary N) is 2. The van der Waals surface area contributed by atoms with Gasteiger partial charge in [-0.05, 0) is 31.5 Å². The van der Waals surface area contributed by atoms with Crippen LogP contribution in [0.1, 0.15) is 27.3 Å². The van der Waals surface area contributed by atoms with Crippen molar-refractivity contribution in [1.29, 1.82) is 0 Å². The second-order valence-corrected chi connectivity index (χ2v) is 7.77. The van der Waals surface area contributed by atoms with E-state index < -0.39 is 0 Å². The molecule has 0 aliphatic carbocycles. The molecule has 148 valence electrons. The highest BCUT2D eigenvalue weighted by Crippen LogP contribution is 2.23. The Balaban J connectivity index is 0.00000225. The summed E-state index contributed by atoms with van der Waals surface area (Å²) in [5.74, 6) is 1.75. The molecule has 0 spiro atoms. The Hall–Kier alpha value is -2.16. The van der Waals surface area contributed by atoms with Crippen LogP contribution in [-0.4, -0.2) is 45.1 Å². The van der Waals surface area contributed by atoms with Crippen molar-refractivity contribution < 1.29 is 4.79 Å². The number of rotatable bonds is 6. The lowest BCUT2D eigenvalue weighted by Gasteiger charge is -2.27. The van der Waals surface area contributed by atoms with Gasteiger partial charge in [-0.25, -0.2) is 9.50 Å². The molecule has 1 fully saturated rings. The van der Waals surface area contributed by atoms with E-state index in [-0.39, 0.29) is 18.3 Å². The SMILES string of the molecule is Cc1cc(C)n2nc(SCc3ccccc3C(=O)NCC3CNC3)nc2n1.Cl. The van der Waals surface area contributed by atoms with Gasteiger partial charge in [-0.15, -0.1) is 17.5 Å². The summed E-state index contributed by atoms with van der Waals surface area (Å²) in [7, 11) is 0. The summed E-state index contributed by atoms with van der Waals surface area (Å²) < 4.78 is 1.75. The molecule has 1 aromatic carbocycles. The van der Waals surface area contributed by atoms with E-state index >= 15 is 0 Å². The molecule has 1 amide bonds. The molecule has 0 atom stereocenters. The van der Waals surface area contributed by atoms with Crippen molar-refractivity contribution in [3.05, 3.63) is 52.8 Å². The topological polar surface area (TPSA) is 84.2 Å². The van der Waals surface area contributed by atoms with Gasteiger partial charge in [0.2, 0.25) is 5.16 Å². The average molecular weight is 419 g/mol. The van der Waals surface area contributed by atoms with Crippen LogP contribution in [0.5, 0.6) is 0 Å². The van der Waals surface area contributed by atoms with Crippen LogP contribution in [-0.2, 0) is 5.75 Å². The third-order valence-corrected chi connectivity index (χ3v) is 5.52. The highest BCUT2D eigenvalue weighted by Gasteiger charge is 2.19. The molecular formula is C19H23ClN6OS. The van der Waals surface area contributed by atoms with Gasteiger partial charge in [-0.2, -0.15) is 4.98 Å². The predicted molar refractivity (Wildman–Crippen MR) is 112 cm³/mol. The lowest BCUT2D eigenvalue weighted by molar-refractivity contribution is 0.0941. The fourth-order valence-corrected chi connectivity index (χ4v) is 3.87. The Morgan fingerprint density at radius 3 is 2.82 bits per heavy atom. The van der Waals surface area contributed by atoms with E-state index in [1.54, 1.807) is 4.52 Å². The third kappa shape index (κ3) is 4.45. The number of hydrogen-bond acceptors (Lipinski definition) is 6. The Bertz CT molecular complexity index is 988. The molecule has 7 nitrogen and oxygen atoms in total. The monoisotopic (exact) mass is 418 g/mol. The van der Waals surface area contributed by atoms with E-state index in [2.05, 4.69) is 25.7 Å². The standard InChI is InChI=1S/C19H22N6OS.ClH/c1-12-7-13(2)25-18(22-12)23-19(24-25)27-11-15-5-3-4-6-16(15)17(26)21-10-14-8-20-9-14;/h3-7,14,20H,8-11H2,1-2H3,(H,21,26);1H. The van der Waals surface area contributed by atoms with Crippen molar-refractivity contribution >= 4 is 35.9 Å². The second kappa shape index (κ2) is 8.89. The minimum Gasteiger partial charge on any atom is -0.352 e. The van der Waals surface area contributed by atoms with Crippen LogP contribution in [0.3, 0.4) is 0 Å². The molecular weight excluding hydrogens is 396 g/mol. The number of amides is 1. The molecule has 3 heterocycles. The molecule has 9 heteroatoms. The van der Waals surface area contributed by atoms with Crippen molar-refractivity contribution in [2.75, 3.05) is 19.6 Å². The van der Waals surface area contributed by atoms with Crippen LogP contribution in [0.15, 0.2) is 35.5 Å². The fraction of sp³-hybridized carbons (Fsp3) is 0.368. The molecule has 1 aliphatic rings. The first-order chi connectivity index (χ1) is 13.1. The summed E-state index contributed by atoms with van der Waals surface area (Å²) in [5, 5.41) is 11.4. The summed E-state index contributed by atoms with van der Waals surface area (Å²) in [6.07, 6.45) is 0. The van der Waals surface area contributed by atoms with Crippen LogP contribution in [0, 0.1) is 19.8 Å². The molecule has 1 saturated heterocycles. The molecule has 3 aromatic rings. The van der Waals surface area contributed by atoms with Crippen LogP contribution in [0.2, 0.25) is 0 Å². The van der Waals surface area contributed by atoms with Gasteiger partial charge < -0.3 is 10.6 Å². The molecule has 2 aromatic heterocycles. The molecule has 0 radical (unpaired) electrons. The number of carbonyl (C=O) groups excluding carboxylic acids is 1. The predicted octanol–water partition coefficient (Wildman–Crippen LogP) is 2.40. The number of nitrogens with zero attached hydrogens (tertiary/aromatic N) is 4. The quantitative estimate of drug-likeness (QED) is 0.598. The first-order valence-corrected chi connectivity index (χ1v) is 9.99. The van der Waals surface area contributed by atoms with Gasteiger partial charge in [0.05, 0.1) is 0 Å². The van der Waals surface area contributed by atoms with Crippen molar-refractivity contribution in [1.82, 2.24) is 30.2 Å². The van der Waals surface area contributed by atoms with E-state index in [4.69, 9.17) is 0 Å². The molecule has 0 bridgehead atoms. The smallest absolute Gasteiger partial charge is 0.253 e. The van der Waals surface area contributed by atoms with E-state index in [0.717, 1.165) is 30.0 Å². The van der Waals surface area contributed by atoms with E-state index in [1.165, 1.54) is 11.8 Å². The van der Waals surface area contributed by atoms with Crippen LogP contribution < -0.4 is 10.6 Å². The molecule has 1 aliphatic heterocycles. The van der Waals surface area contributed by atoms with Gasteiger partial charge in [-0.3, -0.25) is 4.79 Å². The summed E-state index contributed by atoms with van der Waals surface area (Å²) in [6, 6.07) is 9.68. The minimum atomic E-state index is -0.0193. The minimum absolute atomic E-state index is 0. The van der Waals surface area contributed by atoms with Gasteiger partial charge in [0.15, 0.2) is 0 Å². The fourth-order valence-electron chi connectivity index (χ4n) is 3.04. The van der Waals surface area contributed by atoms with Gasteiger partial charge in [0, 0.05) is 48.3 Å². The maximum Gasteiger partial charge on any atom is 0.253 e. The lowest BCUT2D eigenvalue weighted by atomic mass is 10.0. The zero-order valence-corrected chi connectivity index (χ0v) is 17.4. The highest BCUT2D eigenvalue weighted by molar-refractivity contribution is 7.98. The van der Waals surface area contributed by atoms with Crippen molar-refractivity contribution in [3.8, 4) is 0 Å². The molecule has 28 heavy (non-hydrogen) atoms. The average Bonchev–Trinajstić information content (AvgIpc) is 3.02. The number of aromatic nitrogens is 4. The maximum atomic E-state index is 12.6. The summed E-state index contributed by atoms with van der Waals surface area (Å²) >= 11 is 1.51. The number of fused-ring (bicyclic) bond motifs is 1. The number of thioether (sulfide) groups is 1. The zero-order valence-electron chi connectivity index (χ0n) is 15.8. The number of hydrogen-bond donors (Lipinski definition) is 2. The van der Waals surface area contributed by atoms with Gasteiger partial charge in [0.1, 0.15) is 0 Å². The molecule has 2 N–H and O–H groups in total. The molecule has 0 saturated carbocycles. The first kappa shape index (κ1) is 20.6. The molecule has 4 rings (SSSR count). The number of benzene rings is 1. The third-order valence-electron chi connectivity index (χ3n) is 4.63. The van der Waals surface area contributed by atoms with Gasteiger partial charge in [-0.1, -0.05) is 30.0 Å². The van der Waals surface area contributed by atoms with E-state index in [9.17, 15) is 4.79 Å². The molecule has 0 unspecified atom stereocenters. The number of aryl methyl sites for hydroxylation is 2. The number of carbonyl (C=O) groups is 1. The Labute approximate surface area is 174 Å². The van der Waals surface area contributed by atoms with Crippen LogP contribution in [0.4, 0.5) is 0 Å². The Morgan fingerprint density at radius 2 is 2.07 bits per heavy atom. The largest absolute Gasteiger partial charge is 0.352 e. The Morgan fingerprint density at radius 1 is 1.29 bits per heavy atom. The highest BCUT2D eigenvalue weighted by atomic mass is 35.5. The maximum absolute atomic E-state index is 12.6. The van der Waals surface area contributed by atoms with Gasteiger partial charge >= 0.3 is 0 Å². The second-order valence-electron chi connectivity index (χ2n) is 6.83. The van der Waals surface area contributed by atoms with E-state index in [1.807, 2.05) is 44.2 Å². The lowest BCUT2D eigenvalue weighted by Crippen LogP contribution is -2.48. The van der Waals surface area contributed by atoms with Crippen LogP contribution in [0.25, 0.3) is 5.78 Å². The summed E-state index contributed by atoms with van der Waals surface area (Å²) in [6.45, 7) is 6.60. The number of halogens is 1. The summed E-state index contributed by atoms with van der Waals surface area (Å²) in [5.41, 5.74) is 3.62. The first-order valence-electron chi connectivity index (χ1n) is 9.01. The van der Waals surface area contributed by atoms with Crippen molar-refractivity contribution in [2.45, 2.75) is 24.8 Å². The van der Waals surface area contributed by atoms with E-state index in [0.29, 0.717) is 34.7 Å². The van der Waals surface area contributed by atoms with Gasteiger partial charge in [0.25, 0.3) is 11.7 Å². The Kier molecular flexibility index (Phi) is 6.53. The van der Waals surface area contributed by atoms with Crippen molar-refractivity contribution in [2.24, 2.45) is 5.92 Å².